The smallest absolute Gasteiger partial charge is 0.272 e. The predicted octanol–water partition coefficient (Wildman–Crippen LogP) is 0.255. The van der Waals surface area contributed by atoms with Gasteiger partial charge >= 0.3 is 0 Å². The molecule has 0 spiro atoms. The van der Waals surface area contributed by atoms with Gasteiger partial charge in [0.25, 0.3) is 6.43 Å². The molecule has 0 aromatic rings. The molecule has 0 radical (unpaired) electrons. The molecule has 0 aromatic carbocycles. The summed E-state index contributed by atoms with van der Waals surface area (Å²) in [7, 11) is 0. The van der Waals surface area contributed by atoms with Crippen LogP contribution >= 0.6 is 12.4 Å². The molecule has 2 nitrogen and oxygen atoms in total. The molecule has 6 heteroatoms. The van der Waals surface area contributed by atoms with E-state index in [-0.39, 0.29) is 12.4 Å². The number of alkyl halides is 3. The molecule has 0 heterocycles. The first-order chi connectivity index (χ1) is 3.55. The third-order valence-corrected chi connectivity index (χ3v) is 0.608. The molecule has 0 aliphatic heterocycles. The van der Waals surface area contributed by atoms with Gasteiger partial charge in [0, 0.05) is 0 Å². The highest BCUT2D eigenvalue weighted by Crippen LogP contribution is 2.04. The Bertz CT molecular complexity index is 62.1. The lowest BCUT2D eigenvalue weighted by Gasteiger charge is -2.08. The summed E-state index contributed by atoms with van der Waals surface area (Å²) in [6.45, 7) is 0. The zero-order chi connectivity index (χ0) is 6.73. The average Bonchev–Trinajstić information content (AvgIpc) is 1.64. The summed E-state index contributed by atoms with van der Waals surface area (Å²) >= 11 is 0. The Balaban J connectivity index is 0. The van der Waals surface area contributed by atoms with Crippen molar-refractivity contribution in [1.29, 1.82) is 0 Å². The molecule has 0 fully saturated rings. The lowest BCUT2D eigenvalue weighted by atomic mass is 10.3. The minimum atomic E-state index is -3.07. The van der Waals surface area contributed by atoms with Gasteiger partial charge in [-0.15, -0.1) is 12.4 Å². The first kappa shape index (κ1) is 11.8. The van der Waals surface area contributed by atoms with Crippen molar-refractivity contribution in [3.8, 4) is 0 Å². The van der Waals surface area contributed by atoms with E-state index in [4.69, 9.17) is 0 Å². The maximum absolute atomic E-state index is 11.6. The molecular weight excluding hydrogens is 156 g/mol. The summed E-state index contributed by atoms with van der Waals surface area (Å²) in [4.78, 5) is 0. The molecule has 4 N–H and O–H groups in total. The second kappa shape index (κ2) is 4.84. The quantitative estimate of drug-likeness (QED) is 0.575. The van der Waals surface area contributed by atoms with Crippen LogP contribution in [0.5, 0.6) is 0 Å². The predicted molar refractivity (Wildman–Crippen MR) is 30.3 cm³/mol. The van der Waals surface area contributed by atoms with Crippen LogP contribution in [-0.4, -0.2) is 18.8 Å². The van der Waals surface area contributed by atoms with Crippen LogP contribution < -0.4 is 11.5 Å². The number of nitrogens with two attached hydrogens (primary N) is 2. The van der Waals surface area contributed by atoms with Gasteiger partial charge in [-0.2, -0.15) is 0 Å². The Morgan fingerprint density at radius 2 is 1.33 bits per heavy atom. The van der Waals surface area contributed by atoms with Crippen LogP contribution in [-0.2, 0) is 0 Å². The van der Waals surface area contributed by atoms with Crippen molar-refractivity contribution >= 4 is 12.4 Å². The fraction of sp³-hybridized carbons (Fsp3) is 1.00. The van der Waals surface area contributed by atoms with E-state index in [0.717, 1.165) is 0 Å². The van der Waals surface area contributed by atoms with Crippen molar-refractivity contribution in [2.45, 2.75) is 18.8 Å². The lowest BCUT2D eigenvalue weighted by molar-refractivity contribution is 0.0369. The van der Waals surface area contributed by atoms with Gasteiger partial charge in [-0.1, -0.05) is 0 Å². The highest BCUT2D eigenvalue weighted by Gasteiger charge is 2.23. The number of rotatable bonds is 2. The monoisotopic (exact) mass is 164 g/mol. The van der Waals surface area contributed by atoms with Crippen molar-refractivity contribution in [2.75, 3.05) is 0 Å². The molecule has 9 heavy (non-hydrogen) atoms. The molecule has 58 valence electrons. The highest BCUT2D eigenvalue weighted by molar-refractivity contribution is 5.85. The standard InChI is InChI=1S/C3H7F3N2.ClH/c4-1(2(5)6)3(7)8;/h1-3H,7-8H2;1H. The van der Waals surface area contributed by atoms with Gasteiger partial charge in [-0.3, -0.25) is 0 Å². The van der Waals surface area contributed by atoms with E-state index in [1.165, 1.54) is 0 Å². The molecule has 0 bridgehead atoms. The van der Waals surface area contributed by atoms with Gasteiger partial charge in [0.2, 0.25) is 0 Å². The van der Waals surface area contributed by atoms with Gasteiger partial charge in [0.05, 0.1) is 6.17 Å². The fourth-order valence-electron chi connectivity index (χ4n) is 0.168. The molecule has 0 rings (SSSR count). The number of hydrogen-bond donors (Lipinski definition) is 2. The van der Waals surface area contributed by atoms with Crippen molar-refractivity contribution in [3.05, 3.63) is 0 Å². The maximum Gasteiger partial charge on any atom is 0.272 e. The summed E-state index contributed by atoms with van der Waals surface area (Å²) < 4.78 is 33.9. The topological polar surface area (TPSA) is 52.0 Å². The molecular formula is C3H8ClF3N2. The van der Waals surface area contributed by atoms with E-state index in [0.29, 0.717) is 0 Å². The average molecular weight is 165 g/mol. The molecule has 1 unspecified atom stereocenters. The van der Waals surface area contributed by atoms with Crippen LogP contribution in [0.3, 0.4) is 0 Å². The van der Waals surface area contributed by atoms with Crippen molar-refractivity contribution in [3.63, 3.8) is 0 Å². The van der Waals surface area contributed by atoms with Crippen LogP contribution in [0.4, 0.5) is 13.2 Å². The highest BCUT2D eigenvalue weighted by atomic mass is 35.5. The SMILES string of the molecule is Cl.NC(N)C(F)C(F)F. The molecule has 0 aromatic heterocycles. The molecule has 0 saturated carbocycles. The first-order valence-electron chi connectivity index (χ1n) is 1.99. The fourth-order valence-corrected chi connectivity index (χ4v) is 0.168. The van der Waals surface area contributed by atoms with E-state index in [1.54, 1.807) is 0 Å². The summed E-state index contributed by atoms with van der Waals surface area (Å²) in [5.74, 6) is 0. The summed E-state index contributed by atoms with van der Waals surface area (Å²) in [6, 6.07) is 0. The van der Waals surface area contributed by atoms with Crippen molar-refractivity contribution in [1.82, 2.24) is 0 Å². The minimum Gasteiger partial charge on any atom is -0.313 e. The first-order valence-corrected chi connectivity index (χ1v) is 1.99. The van der Waals surface area contributed by atoms with E-state index in [1.807, 2.05) is 0 Å². The van der Waals surface area contributed by atoms with E-state index in [2.05, 4.69) is 11.5 Å². The zero-order valence-corrected chi connectivity index (χ0v) is 5.25. The third kappa shape index (κ3) is 4.50. The number of hydrogen-bond acceptors (Lipinski definition) is 2. The zero-order valence-electron chi connectivity index (χ0n) is 4.43. The van der Waals surface area contributed by atoms with E-state index in [9.17, 15) is 13.2 Å². The van der Waals surface area contributed by atoms with Gasteiger partial charge in [-0.25, -0.2) is 13.2 Å². The van der Waals surface area contributed by atoms with Crippen LogP contribution in [0.25, 0.3) is 0 Å². The Kier molecular flexibility index (Phi) is 6.32. The van der Waals surface area contributed by atoms with Crippen LogP contribution in [0.1, 0.15) is 0 Å². The Hall–Kier alpha value is -0.0000000000000000555. The largest absolute Gasteiger partial charge is 0.313 e. The summed E-state index contributed by atoms with van der Waals surface area (Å²) in [5.41, 5.74) is 9.12. The normalized spacial score (nSPS) is 13.7. The molecule has 0 amide bonds. The third-order valence-electron chi connectivity index (χ3n) is 0.608. The maximum atomic E-state index is 11.6. The number of halogens is 4. The molecule has 0 aliphatic rings. The Morgan fingerprint density at radius 1 is 1.00 bits per heavy atom. The van der Waals surface area contributed by atoms with Crippen LogP contribution in [0.15, 0.2) is 0 Å². The minimum absolute atomic E-state index is 0. The molecule has 0 aliphatic carbocycles. The van der Waals surface area contributed by atoms with Gasteiger partial charge in [-0.05, 0) is 0 Å². The molecule has 0 saturated heterocycles. The summed E-state index contributed by atoms with van der Waals surface area (Å²) in [6.07, 6.45) is -7.06. The second-order valence-electron chi connectivity index (χ2n) is 1.36. The van der Waals surface area contributed by atoms with Gasteiger partial charge in [0.1, 0.15) is 0 Å². The van der Waals surface area contributed by atoms with Crippen LogP contribution in [0, 0.1) is 0 Å². The van der Waals surface area contributed by atoms with Crippen molar-refractivity contribution in [2.24, 2.45) is 11.5 Å². The van der Waals surface area contributed by atoms with E-state index >= 15 is 0 Å². The Labute approximate surface area is 56.8 Å². The summed E-state index contributed by atoms with van der Waals surface area (Å²) in [5, 5.41) is 0. The van der Waals surface area contributed by atoms with Gasteiger partial charge < -0.3 is 11.5 Å². The van der Waals surface area contributed by atoms with Crippen LogP contribution in [0.2, 0.25) is 0 Å². The second-order valence-corrected chi connectivity index (χ2v) is 1.36. The van der Waals surface area contributed by atoms with Gasteiger partial charge in [0.15, 0.2) is 6.17 Å². The lowest BCUT2D eigenvalue weighted by Crippen LogP contribution is -2.43. The Morgan fingerprint density at radius 3 is 1.33 bits per heavy atom. The van der Waals surface area contributed by atoms with E-state index < -0.39 is 18.8 Å². The molecule has 1 atom stereocenters. The van der Waals surface area contributed by atoms with Crippen molar-refractivity contribution < 1.29 is 13.2 Å².